The van der Waals surface area contributed by atoms with Crippen LogP contribution in [0.25, 0.3) is 0 Å². The molecule has 0 N–H and O–H groups in total. The Labute approximate surface area is 82.1 Å². The molecule has 1 rings (SSSR count). The molecular weight excluding hydrogens is 158 g/mol. The van der Waals surface area contributed by atoms with Gasteiger partial charge in [-0.25, -0.2) is 0 Å². The summed E-state index contributed by atoms with van der Waals surface area (Å²) in [7, 11) is 0. The van der Waals surface area contributed by atoms with Gasteiger partial charge in [0.25, 0.3) is 0 Å². The van der Waals surface area contributed by atoms with Crippen LogP contribution in [0.1, 0.15) is 40.0 Å². The zero-order chi connectivity index (χ0) is 9.84. The van der Waals surface area contributed by atoms with E-state index in [1.807, 2.05) is 0 Å². The number of piperidine rings is 1. The third-order valence-corrected chi connectivity index (χ3v) is 2.79. The van der Waals surface area contributed by atoms with Gasteiger partial charge in [0.1, 0.15) is 0 Å². The highest BCUT2D eigenvalue weighted by Gasteiger charge is 2.11. The van der Waals surface area contributed by atoms with E-state index < -0.39 is 0 Å². The second kappa shape index (κ2) is 4.50. The molecule has 0 aromatic heterocycles. The molecule has 13 heavy (non-hydrogen) atoms. The average molecular weight is 179 g/mol. The van der Waals surface area contributed by atoms with Crippen molar-refractivity contribution in [2.45, 2.75) is 40.0 Å². The van der Waals surface area contributed by atoms with Crippen LogP contribution >= 0.6 is 0 Å². The summed E-state index contributed by atoms with van der Waals surface area (Å²) in [6.07, 6.45) is 6.05. The summed E-state index contributed by atoms with van der Waals surface area (Å²) in [5, 5.41) is 0. The van der Waals surface area contributed by atoms with Crippen molar-refractivity contribution < 1.29 is 0 Å². The Morgan fingerprint density at radius 1 is 1.46 bits per heavy atom. The molecule has 0 spiro atoms. The van der Waals surface area contributed by atoms with E-state index in [0.717, 1.165) is 6.54 Å². The molecule has 0 amide bonds. The largest absolute Gasteiger partial charge is 0.352 e. The number of rotatable bonds is 2. The fourth-order valence-corrected chi connectivity index (χ4v) is 1.46. The Bertz CT molecular complexity index is 213. The lowest BCUT2D eigenvalue weighted by Crippen LogP contribution is -2.22. The fourth-order valence-electron chi connectivity index (χ4n) is 1.46. The molecule has 1 heterocycles. The van der Waals surface area contributed by atoms with Crippen LogP contribution in [0.5, 0.6) is 0 Å². The van der Waals surface area contributed by atoms with Gasteiger partial charge in [0.2, 0.25) is 0 Å². The Kier molecular flexibility index (Phi) is 3.58. The highest BCUT2D eigenvalue weighted by atomic mass is 15.1. The molecule has 0 bridgehead atoms. The first-order chi connectivity index (χ1) is 6.11. The molecule has 1 fully saturated rings. The molecule has 1 nitrogen and oxygen atoms in total. The van der Waals surface area contributed by atoms with Crippen LogP contribution in [0.2, 0.25) is 0 Å². The van der Waals surface area contributed by atoms with Crippen molar-refractivity contribution in [3.63, 3.8) is 0 Å². The van der Waals surface area contributed by atoms with E-state index in [9.17, 15) is 0 Å². The van der Waals surface area contributed by atoms with Crippen LogP contribution < -0.4 is 0 Å². The van der Waals surface area contributed by atoms with Gasteiger partial charge in [0.15, 0.2) is 0 Å². The van der Waals surface area contributed by atoms with Crippen LogP contribution in [0.4, 0.5) is 0 Å². The average Bonchev–Trinajstić information content (AvgIpc) is 2.08. The SMILES string of the molecule is C=C1CCCCN1/C=C(/C)C(C)C. The normalized spacial score (nSPS) is 19.8. The van der Waals surface area contributed by atoms with Gasteiger partial charge in [-0.2, -0.15) is 0 Å². The van der Waals surface area contributed by atoms with E-state index >= 15 is 0 Å². The topological polar surface area (TPSA) is 3.24 Å². The predicted molar refractivity (Wildman–Crippen MR) is 58.3 cm³/mol. The molecule has 74 valence electrons. The van der Waals surface area contributed by atoms with Crippen LogP contribution in [0.3, 0.4) is 0 Å². The molecule has 0 saturated carbocycles. The van der Waals surface area contributed by atoms with E-state index in [-0.39, 0.29) is 0 Å². The van der Waals surface area contributed by atoms with Crippen molar-refractivity contribution in [1.29, 1.82) is 0 Å². The van der Waals surface area contributed by atoms with Crippen LogP contribution in [-0.2, 0) is 0 Å². The van der Waals surface area contributed by atoms with Crippen LogP contribution in [0.15, 0.2) is 24.0 Å². The van der Waals surface area contributed by atoms with E-state index in [1.165, 1.54) is 30.5 Å². The maximum absolute atomic E-state index is 4.09. The van der Waals surface area contributed by atoms with Crippen molar-refractivity contribution in [2.75, 3.05) is 6.54 Å². The van der Waals surface area contributed by atoms with Crippen molar-refractivity contribution >= 4 is 0 Å². The Balaban J connectivity index is 2.60. The number of likely N-dealkylation sites (tertiary alicyclic amines) is 1. The fraction of sp³-hybridized carbons (Fsp3) is 0.667. The number of allylic oxidation sites excluding steroid dienone is 2. The summed E-state index contributed by atoms with van der Waals surface area (Å²) in [5.41, 5.74) is 2.73. The number of hydrogen-bond acceptors (Lipinski definition) is 1. The van der Waals surface area contributed by atoms with Gasteiger partial charge in [-0.1, -0.05) is 26.0 Å². The van der Waals surface area contributed by atoms with Crippen molar-refractivity contribution in [2.24, 2.45) is 5.92 Å². The minimum absolute atomic E-state index is 0.648. The van der Waals surface area contributed by atoms with E-state index in [0.29, 0.717) is 5.92 Å². The third kappa shape index (κ3) is 2.91. The van der Waals surface area contributed by atoms with E-state index in [2.05, 4.69) is 38.5 Å². The first kappa shape index (κ1) is 10.4. The quantitative estimate of drug-likeness (QED) is 0.626. The van der Waals surface area contributed by atoms with Crippen LogP contribution in [-0.4, -0.2) is 11.4 Å². The second-order valence-corrected chi connectivity index (χ2v) is 4.24. The molecule has 1 aliphatic heterocycles. The monoisotopic (exact) mass is 179 g/mol. The van der Waals surface area contributed by atoms with Crippen LogP contribution in [0, 0.1) is 5.92 Å². The molecule has 1 heteroatoms. The lowest BCUT2D eigenvalue weighted by Gasteiger charge is -2.28. The summed E-state index contributed by atoms with van der Waals surface area (Å²) in [4.78, 5) is 2.32. The molecule has 0 aromatic rings. The van der Waals surface area contributed by atoms with Gasteiger partial charge in [0.05, 0.1) is 0 Å². The van der Waals surface area contributed by atoms with E-state index in [1.54, 1.807) is 0 Å². The van der Waals surface area contributed by atoms with E-state index in [4.69, 9.17) is 0 Å². The first-order valence-corrected chi connectivity index (χ1v) is 5.24. The molecular formula is C12H21N. The zero-order valence-corrected chi connectivity index (χ0v) is 9.14. The molecule has 0 unspecified atom stereocenters. The summed E-state index contributed by atoms with van der Waals surface area (Å²) < 4.78 is 0. The van der Waals surface area contributed by atoms with Gasteiger partial charge in [0, 0.05) is 18.4 Å². The molecule has 0 atom stereocenters. The number of nitrogens with zero attached hydrogens (tertiary/aromatic N) is 1. The molecule has 0 radical (unpaired) electrons. The van der Waals surface area contributed by atoms with Crippen molar-refractivity contribution in [3.05, 3.63) is 24.0 Å². The Morgan fingerprint density at radius 3 is 2.69 bits per heavy atom. The van der Waals surface area contributed by atoms with Gasteiger partial charge < -0.3 is 4.90 Å². The van der Waals surface area contributed by atoms with Gasteiger partial charge >= 0.3 is 0 Å². The van der Waals surface area contributed by atoms with Crippen molar-refractivity contribution in [1.82, 2.24) is 4.90 Å². The third-order valence-electron chi connectivity index (χ3n) is 2.79. The number of hydrogen-bond donors (Lipinski definition) is 0. The lowest BCUT2D eigenvalue weighted by molar-refractivity contribution is 0.376. The summed E-state index contributed by atoms with van der Waals surface area (Å²) in [6.45, 7) is 11.9. The van der Waals surface area contributed by atoms with Gasteiger partial charge in [-0.3, -0.25) is 0 Å². The molecule has 0 aromatic carbocycles. The maximum Gasteiger partial charge on any atom is 0.0222 e. The lowest BCUT2D eigenvalue weighted by atomic mass is 10.0. The Hall–Kier alpha value is -0.720. The zero-order valence-electron chi connectivity index (χ0n) is 9.14. The predicted octanol–water partition coefficient (Wildman–Crippen LogP) is 3.55. The minimum atomic E-state index is 0.648. The standard InChI is InChI=1S/C12H21N/c1-10(2)11(3)9-13-8-6-5-7-12(13)4/h9-10H,4-8H2,1-3H3/b11-9-. The summed E-state index contributed by atoms with van der Waals surface area (Å²) in [5.74, 6) is 0.648. The van der Waals surface area contributed by atoms with Gasteiger partial charge in [-0.15, -0.1) is 0 Å². The molecule has 1 saturated heterocycles. The molecule has 1 aliphatic rings. The summed E-state index contributed by atoms with van der Waals surface area (Å²) in [6, 6.07) is 0. The first-order valence-electron chi connectivity index (χ1n) is 5.24. The highest BCUT2D eigenvalue weighted by Crippen LogP contribution is 2.21. The summed E-state index contributed by atoms with van der Waals surface area (Å²) >= 11 is 0. The Morgan fingerprint density at radius 2 is 2.15 bits per heavy atom. The maximum atomic E-state index is 4.09. The second-order valence-electron chi connectivity index (χ2n) is 4.24. The molecule has 0 aliphatic carbocycles. The highest BCUT2D eigenvalue weighted by molar-refractivity contribution is 5.08. The van der Waals surface area contributed by atoms with Crippen molar-refractivity contribution in [3.8, 4) is 0 Å². The smallest absolute Gasteiger partial charge is 0.0222 e. The minimum Gasteiger partial charge on any atom is -0.352 e. The van der Waals surface area contributed by atoms with Gasteiger partial charge in [-0.05, 0) is 32.1 Å².